The van der Waals surface area contributed by atoms with E-state index in [1.807, 2.05) is 0 Å². The van der Waals surface area contributed by atoms with Gasteiger partial charge in [-0.25, -0.2) is 17.6 Å². The van der Waals surface area contributed by atoms with E-state index < -0.39 is 40.2 Å². The summed E-state index contributed by atoms with van der Waals surface area (Å²) in [4.78, 5) is 26.6. The smallest absolute Gasteiger partial charge is 0.374 e. The molecule has 3 aromatic rings. The van der Waals surface area contributed by atoms with E-state index in [2.05, 4.69) is 0 Å². The highest BCUT2D eigenvalue weighted by Crippen LogP contribution is 2.24. The van der Waals surface area contributed by atoms with E-state index in [0.717, 1.165) is 5.41 Å². The Labute approximate surface area is 183 Å². The van der Waals surface area contributed by atoms with Gasteiger partial charge in [0.1, 0.15) is 11.6 Å². The number of rotatable bonds is 6. The third-order valence-electron chi connectivity index (χ3n) is 4.81. The fraction of sp³-hybridized carbons (Fsp3) is 0.130. The van der Waals surface area contributed by atoms with E-state index in [-0.39, 0.29) is 11.5 Å². The lowest BCUT2D eigenvalue weighted by Crippen LogP contribution is -2.43. The van der Waals surface area contributed by atoms with Crippen molar-refractivity contribution in [2.24, 2.45) is 0 Å². The largest absolute Gasteiger partial charge is 0.450 e. The number of hydrogen-bond donors (Lipinski definition) is 0. The molecule has 1 aliphatic heterocycles. The van der Waals surface area contributed by atoms with Crippen LogP contribution in [-0.2, 0) is 19.4 Å². The molecule has 0 radical (unpaired) electrons. The number of halogens is 1. The van der Waals surface area contributed by atoms with Crippen molar-refractivity contribution in [2.45, 2.75) is 6.04 Å². The van der Waals surface area contributed by atoms with Crippen LogP contribution in [0.3, 0.4) is 0 Å². The molecule has 7 nitrogen and oxygen atoms in total. The molecule has 164 valence electrons. The highest BCUT2D eigenvalue weighted by Gasteiger charge is 2.32. The second-order valence-electron chi connectivity index (χ2n) is 7.07. The molecule has 32 heavy (non-hydrogen) atoms. The van der Waals surface area contributed by atoms with Gasteiger partial charge in [0.25, 0.3) is 5.91 Å². The Morgan fingerprint density at radius 1 is 1.03 bits per heavy atom. The fourth-order valence-corrected chi connectivity index (χ4v) is 4.58. The van der Waals surface area contributed by atoms with E-state index in [0.29, 0.717) is 17.0 Å². The predicted octanol–water partition coefficient (Wildman–Crippen LogP) is 3.59. The first-order chi connectivity index (χ1) is 15.3. The molecule has 1 aliphatic rings. The number of esters is 1. The molecule has 1 atom stereocenters. The first-order valence-corrected chi connectivity index (χ1v) is 11.3. The number of hydrogen-bond acceptors (Lipinski definition) is 6. The van der Waals surface area contributed by atoms with Gasteiger partial charge in [0.15, 0.2) is 16.4 Å². The number of carbonyl (C=O) groups is 2. The normalized spacial score (nSPS) is 16.6. The number of benzene rings is 2. The molecule has 1 amide bonds. The molecule has 0 spiro atoms. The molecule has 0 N–H and O–H groups in total. The van der Waals surface area contributed by atoms with Gasteiger partial charge in [0.05, 0.1) is 11.8 Å². The Hall–Kier alpha value is -3.72. The average molecular weight is 455 g/mol. The Balaban J connectivity index is 1.46. The van der Waals surface area contributed by atoms with Crippen LogP contribution in [0.15, 0.2) is 82.6 Å². The van der Waals surface area contributed by atoms with Gasteiger partial charge in [-0.1, -0.05) is 18.2 Å². The lowest BCUT2D eigenvalue weighted by atomic mass is 10.2. The van der Waals surface area contributed by atoms with Crippen molar-refractivity contribution in [1.82, 2.24) is 0 Å². The minimum atomic E-state index is -3.40. The summed E-state index contributed by atoms with van der Waals surface area (Å²) < 4.78 is 47.3. The van der Waals surface area contributed by atoms with Crippen LogP contribution < -0.4 is 4.90 Å². The van der Waals surface area contributed by atoms with Crippen LogP contribution in [0.25, 0.3) is 11.3 Å². The first kappa shape index (κ1) is 21.5. The Morgan fingerprint density at radius 3 is 2.41 bits per heavy atom. The second-order valence-corrected chi connectivity index (χ2v) is 9.00. The summed E-state index contributed by atoms with van der Waals surface area (Å²) in [5.41, 5.74) is 1.06. The van der Waals surface area contributed by atoms with E-state index in [4.69, 9.17) is 9.15 Å². The maximum absolute atomic E-state index is 13.1. The van der Waals surface area contributed by atoms with Gasteiger partial charge in [0.2, 0.25) is 5.76 Å². The summed E-state index contributed by atoms with van der Waals surface area (Å²) in [5, 5.41) is 1.08. The molecular weight excluding hydrogens is 437 g/mol. The zero-order valence-electron chi connectivity index (χ0n) is 16.7. The number of nitrogens with zero attached hydrogens (tertiary/aromatic N) is 1. The third kappa shape index (κ3) is 4.78. The third-order valence-corrected chi connectivity index (χ3v) is 6.19. The molecule has 9 heteroatoms. The zero-order chi connectivity index (χ0) is 22.7. The van der Waals surface area contributed by atoms with Crippen molar-refractivity contribution in [3.05, 3.63) is 89.8 Å². The minimum Gasteiger partial charge on any atom is -0.450 e. The predicted molar refractivity (Wildman–Crippen MR) is 115 cm³/mol. The van der Waals surface area contributed by atoms with Crippen molar-refractivity contribution >= 4 is 27.4 Å². The standard InChI is InChI=1S/C23H18FNO6S/c24-17-8-6-16(7-9-17)20-10-11-21(31-20)23(27)30-14-22(26)25(18-4-2-1-3-5-18)19-12-13-32(28,29)15-19/h1-13,19H,14-15H2. The highest BCUT2D eigenvalue weighted by atomic mass is 32.2. The van der Waals surface area contributed by atoms with E-state index in [9.17, 15) is 22.4 Å². The molecular formula is C23H18FNO6S. The summed E-state index contributed by atoms with van der Waals surface area (Å²) in [7, 11) is -3.40. The SMILES string of the molecule is O=C(OCC(=O)N(c1ccccc1)C1C=CS(=O)(=O)C1)c1ccc(-c2ccc(F)cc2)o1. The maximum atomic E-state index is 13.1. The molecule has 0 fully saturated rings. The van der Waals surface area contributed by atoms with Gasteiger partial charge in [-0.3, -0.25) is 4.79 Å². The van der Waals surface area contributed by atoms with Crippen LogP contribution in [0.1, 0.15) is 10.6 Å². The maximum Gasteiger partial charge on any atom is 0.374 e. The van der Waals surface area contributed by atoms with Crippen LogP contribution in [0.5, 0.6) is 0 Å². The van der Waals surface area contributed by atoms with Gasteiger partial charge in [-0.2, -0.15) is 0 Å². The molecule has 0 saturated heterocycles. The molecule has 1 unspecified atom stereocenters. The van der Waals surface area contributed by atoms with Crippen LogP contribution in [0.4, 0.5) is 10.1 Å². The summed E-state index contributed by atoms with van der Waals surface area (Å²) in [5.74, 6) is -1.86. The van der Waals surface area contributed by atoms with Gasteiger partial charge in [-0.05, 0) is 54.6 Å². The van der Waals surface area contributed by atoms with Gasteiger partial charge >= 0.3 is 5.97 Å². The molecule has 0 bridgehead atoms. The lowest BCUT2D eigenvalue weighted by molar-refractivity contribution is -0.121. The molecule has 1 aromatic heterocycles. The van der Waals surface area contributed by atoms with E-state index >= 15 is 0 Å². The van der Waals surface area contributed by atoms with Crippen LogP contribution in [0, 0.1) is 5.82 Å². The molecule has 4 rings (SSSR count). The Morgan fingerprint density at radius 2 is 1.75 bits per heavy atom. The number of ether oxygens (including phenoxy) is 1. The second kappa shape index (κ2) is 8.80. The quantitative estimate of drug-likeness (QED) is 0.528. The molecule has 0 aliphatic carbocycles. The minimum absolute atomic E-state index is 0.119. The monoisotopic (exact) mass is 455 g/mol. The zero-order valence-corrected chi connectivity index (χ0v) is 17.5. The van der Waals surface area contributed by atoms with E-state index in [1.54, 1.807) is 30.3 Å². The van der Waals surface area contributed by atoms with Crippen molar-refractivity contribution in [2.75, 3.05) is 17.3 Å². The summed E-state index contributed by atoms with van der Waals surface area (Å²) in [6.07, 6.45) is 1.43. The Kier molecular flexibility index (Phi) is 5.91. The number of sulfone groups is 1. The van der Waals surface area contributed by atoms with Crippen molar-refractivity contribution in [3.63, 3.8) is 0 Å². The summed E-state index contributed by atoms with van der Waals surface area (Å²) >= 11 is 0. The number of para-hydroxylation sites is 1. The number of carbonyl (C=O) groups excluding carboxylic acids is 2. The van der Waals surface area contributed by atoms with Crippen molar-refractivity contribution in [3.8, 4) is 11.3 Å². The van der Waals surface area contributed by atoms with Crippen LogP contribution in [0.2, 0.25) is 0 Å². The topological polar surface area (TPSA) is 93.9 Å². The average Bonchev–Trinajstić information content (AvgIpc) is 3.40. The number of anilines is 1. The molecule has 0 saturated carbocycles. The van der Waals surface area contributed by atoms with Crippen LogP contribution in [-0.4, -0.2) is 38.7 Å². The summed E-state index contributed by atoms with van der Waals surface area (Å²) in [6, 6.07) is 16.3. The lowest BCUT2D eigenvalue weighted by Gasteiger charge is -2.27. The van der Waals surface area contributed by atoms with Gasteiger partial charge < -0.3 is 14.1 Å². The van der Waals surface area contributed by atoms with Gasteiger partial charge in [0, 0.05) is 16.7 Å². The number of furan rings is 1. The fourth-order valence-electron chi connectivity index (χ4n) is 3.31. The molecule has 2 aromatic carbocycles. The van der Waals surface area contributed by atoms with Crippen molar-refractivity contribution in [1.29, 1.82) is 0 Å². The number of amides is 1. The van der Waals surface area contributed by atoms with Crippen LogP contribution >= 0.6 is 0 Å². The summed E-state index contributed by atoms with van der Waals surface area (Å²) in [6.45, 7) is -0.606. The first-order valence-electron chi connectivity index (χ1n) is 9.63. The molecule has 2 heterocycles. The Bertz CT molecular complexity index is 1270. The highest BCUT2D eigenvalue weighted by molar-refractivity contribution is 7.94. The van der Waals surface area contributed by atoms with E-state index in [1.165, 1.54) is 47.4 Å². The van der Waals surface area contributed by atoms with Gasteiger partial charge in [-0.15, -0.1) is 0 Å². The van der Waals surface area contributed by atoms with Crippen molar-refractivity contribution < 1.29 is 31.6 Å².